The summed E-state index contributed by atoms with van der Waals surface area (Å²) in [5, 5.41) is 0. The molecule has 0 saturated carbocycles. The molecule has 0 N–H and O–H groups in total. The molecule has 4 rings (SSSR count). The zero-order chi connectivity index (χ0) is 24.5. The van der Waals surface area contributed by atoms with E-state index in [0.29, 0.717) is 16.7 Å². The Morgan fingerprint density at radius 3 is 2.47 bits per heavy atom. The summed E-state index contributed by atoms with van der Waals surface area (Å²) in [6, 6.07) is 12.0. The van der Waals surface area contributed by atoms with Gasteiger partial charge < -0.3 is 14.4 Å². The molecule has 2 aromatic carbocycles. The number of piperazine rings is 1. The smallest absolute Gasteiger partial charge is 0.339 e. The van der Waals surface area contributed by atoms with E-state index < -0.39 is 40.6 Å². The van der Waals surface area contributed by atoms with E-state index in [9.17, 15) is 22.8 Å². The molecule has 0 radical (unpaired) electrons. The van der Waals surface area contributed by atoms with Crippen molar-refractivity contribution in [2.24, 2.45) is 0 Å². The molecule has 2 aliphatic heterocycles. The van der Waals surface area contributed by atoms with Crippen molar-refractivity contribution in [1.82, 2.24) is 9.21 Å². The topological polar surface area (TPSA) is 110 Å². The summed E-state index contributed by atoms with van der Waals surface area (Å²) in [4.78, 5) is 38.3. The van der Waals surface area contributed by atoms with Crippen LogP contribution in [0.25, 0.3) is 0 Å². The predicted molar refractivity (Wildman–Crippen MR) is 121 cm³/mol. The molecule has 1 amide bonds. The normalized spacial score (nSPS) is 18.4. The minimum absolute atomic E-state index is 0.157. The zero-order valence-corrected chi connectivity index (χ0v) is 19.8. The Morgan fingerprint density at radius 1 is 1.06 bits per heavy atom. The molecule has 0 unspecified atom stereocenters. The highest BCUT2D eigenvalue weighted by Gasteiger charge is 2.34. The third-order valence-corrected chi connectivity index (χ3v) is 8.08. The van der Waals surface area contributed by atoms with Crippen molar-refractivity contribution in [1.29, 1.82) is 0 Å². The highest BCUT2D eigenvalue weighted by Crippen LogP contribution is 2.33. The standard InChI is InChI=1S/C24H26N2O7S/c1-16-7-8-21(17(2)13-16)34(30,31)26-11-9-25(10-12-26)22(27)15-32-23(28)14-20-18-5-3-4-6-19(18)24(29)33-20/h3-8,13,20H,9-12,14-15H2,1-2H3/t20-/m0/s1. The summed E-state index contributed by atoms with van der Waals surface area (Å²) in [7, 11) is -3.66. The first-order valence-electron chi connectivity index (χ1n) is 11.0. The van der Waals surface area contributed by atoms with E-state index in [0.717, 1.165) is 5.56 Å². The van der Waals surface area contributed by atoms with Gasteiger partial charge in [0.25, 0.3) is 5.91 Å². The van der Waals surface area contributed by atoms with Gasteiger partial charge in [-0.3, -0.25) is 9.59 Å². The molecular formula is C24H26N2O7S. The van der Waals surface area contributed by atoms with E-state index in [1.54, 1.807) is 43.3 Å². The largest absolute Gasteiger partial charge is 0.455 e. The van der Waals surface area contributed by atoms with Crippen LogP contribution in [0.2, 0.25) is 0 Å². The van der Waals surface area contributed by atoms with Crippen molar-refractivity contribution >= 4 is 27.9 Å². The van der Waals surface area contributed by atoms with E-state index in [1.165, 1.54) is 9.21 Å². The van der Waals surface area contributed by atoms with Gasteiger partial charge in [0.2, 0.25) is 10.0 Å². The van der Waals surface area contributed by atoms with Crippen LogP contribution in [0.1, 0.15) is 39.6 Å². The third kappa shape index (κ3) is 4.83. The molecule has 0 aromatic heterocycles. The number of cyclic esters (lactones) is 1. The Labute approximate surface area is 198 Å². The average molecular weight is 487 g/mol. The van der Waals surface area contributed by atoms with Crippen LogP contribution in [0.5, 0.6) is 0 Å². The molecule has 9 nitrogen and oxygen atoms in total. The number of carbonyl (C=O) groups excluding carboxylic acids is 3. The van der Waals surface area contributed by atoms with E-state index in [1.807, 2.05) is 13.0 Å². The van der Waals surface area contributed by atoms with Crippen molar-refractivity contribution < 1.29 is 32.3 Å². The average Bonchev–Trinajstić information content (AvgIpc) is 3.12. The maximum atomic E-state index is 13.0. The highest BCUT2D eigenvalue weighted by atomic mass is 32.2. The van der Waals surface area contributed by atoms with Crippen LogP contribution in [0.15, 0.2) is 47.4 Å². The molecule has 1 atom stereocenters. The molecule has 10 heteroatoms. The lowest BCUT2D eigenvalue weighted by Gasteiger charge is -2.34. The summed E-state index contributed by atoms with van der Waals surface area (Å²) >= 11 is 0. The van der Waals surface area contributed by atoms with E-state index in [4.69, 9.17) is 9.47 Å². The molecule has 1 saturated heterocycles. The van der Waals surface area contributed by atoms with Crippen LogP contribution in [0.3, 0.4) is 0 Å². The maximum Gasteiger partial charge on any atom is 0.339 e. The fraction of sp³-hybridized carbons (Fsp3) is 0.375. The number of aryl methyl sites for hydroxylation is 2. The summed E-state index contributed by atoms with van der Waals surface area (Å²) in [5.74, 6) is -1.54. The van der Waals surface area contributed by atoms with E-state index in [2.05, 4.69) is 0 Å². The van der Waals surface area contributed by atoms with Gasteiger partial charge in [-0.25, -0.2) is 13.2 Å². The van der Waals surface area contributed by atoms with Gasteiger partial charge in [-0.2, -0.15) is 4.31 Å². The monoisotopic (exact) mass is 486 g/mol. The van der Waals surface area contributed by atoms with Crippen molar-refractivity contribution in [3.8, 4) is 0 Å². The number of hydrogen-bond donors (Lipinski definition) is 0. The number of carbonyl (C=O) groups is 3. The van der Waals surface area contributed by atoms with Gasteiger partial charge in [0.1, 0.15) is 6.10 Å². The van der Waals surface area contributed by atoms with Gasteiger partial charge in [0.05, 0.1) is 16.9 Å². The lowest BCUT2D eigenvalue weighted by atomic mass is 10.0. The van der Waals surface area contributed by atoms with Crippen LogP contribution in [0, 0.1) is 13.8 Å². The summed E-state index contributed by atoms with van der Waals surface area (Å²) < 4.78 is 37.7. The molecule has 0 bridgehead atoms. The van der Waals surface area contributed by atoms with E-state index in [-0.39, 0.29) is 37.5 Å². The second-order valence-electron chi connectivity index (χ2n) is 8.40. The number of fused-ring (bicyclic) bond motifs is 1. The zero-order valence-electron chi connectivity index (χ0n) is 19.0. The van der Waals surface area contributed by atoms with Gasteiger partial charge in [-0.05, 0) is 31.5 Å². The fourth-order valence-corrected chi connectivity index (χ4v) is 5.85. The quantitative estimate of drug-likeness (QED) is 0.574. The fourth-order valence-electron chi connectivity index (χ4n) is 4.22. The van der Waals surface area contributed by atoms with Gasteiger partial charge in [-0.15, -0.1) is 0 Å². The molecule has 0 spiro atoms. The molecule has 34 heavy (non-hydrogen) atoms. The predicted octanol–water partition coefficient (Wildman–Crippen LogP) is 1.98. The first kappa shape index (κ1) is 23.9. The van der Waals surface area contributed by atoms with Crippen LogP contribution >= 0.6 is 0 Å². The summed E-state index contributed by atoms with van der Waals surface area (Å²) in [6.07, 6.45) is -0.914. The Hall–Kier alpha value is -3.24. The lowest BCUT2D eigenvalue weighted by molar-refractivity contribution is -0.154. The van der Waals surface area contributed by atoms with Gasteiger partial charge in [0.15, 0.2) is 6.61 Å². The Morgan fingerprint density at radius 2 is 1.76 bits per heavy atom. The Bertz CT molecular complexity index is 1230. The first-order valence-corrected chi connectivity index (χ1v) is 12.4. The van der Waals surface area contributed by atoms with Gasteiger partial charge in [0, 0.05) is 31.7 Å². The lowest BCUT2D eigenvalue weighted by Crippen LogP contribution is -2.51. The number of benzene rings is 2. The number of amides is 1. The third-order valence-electron chi connectivity index (χ3n) is 6.03. The van der Waals surface area contributed by atoms with Crippen LogP contribution in [0.4, 0.5) is 0 Å². The van der Waals surface area contributed by atoms with Crippen LogP contribution in [-0.4, -0.2) is 68.3 Å². The number of nitrogens with zero attached hydrogens (tertiary/aromatic N) is 2. The number of ether oxygens (including phenoxy) is 2. The number of esters is 2. The van der Waals surface area contributed by atoms with Crippen LogP contribution < -0.4 is 0 Å². The van der Waals surface area contributed by atoms with Crippen molar-refractivity contribution in [2.75, 3.05) is 32.8 Å². The van der Waals surface area contributed by atoms with Gasteiger partial charge >= 0.3 is 11.9 Å². The maximum absolute atomic E-state index is 13.0. The van der Waals surface area contributed by atoms with E-state index >= 15 is 0 Å². The summed E-state index contributed by atoms with van der Waals surface area (Å²) in [5.41, 5.74) is 2.71. The minimum atomic E-state index is -3.66. The number of hydrogen-bond acceptors (Lipinski definition) is 7. The Kier molecular flexibility index (Phi) is 6.72. The molecular weight excluding hydrogens is 460 g/mol. The molecule has 1 fully saturated rings. The second kappa shape index (κ2) is 9.55. The van der Waals surface area contributed by atoms with Crippen molar-refractivity contribution in [2.45, 2.75) is 31.3 Å². The SMILES string of the molecule is Cc1ccc(S(=O)(=O)N2CCN(C(=O)COC(=O)C[C@@H]3OC(=O)c4ccccc43)CC2)c(C)c1. The van der Waals surface area contributed by atoms with Crippen molar-refractivity contribution in [3.05, 3.63) is 64.7 Å². The number of rotatable bonds is 6. The van der Waals surface area contributed by atoms with Crippen molar-refractivity contribution in [3.63, 3.8) is 0 Å². The Balaban J connectivity index is 1.27. The summed E-state index contributed by atoms with van der Waals surface area (Å²) in [6.45, 7) is 3.93. The highest BCUT2D eigenvalue weighted by molar-refractivity contribution is 7.89. The first-order chi connectivity index (χ1) is 16.2. The molecule has 2 aromatic rings. The molecule has 180 valence electrons. The molecule has 2 aliphatic rings. The van der Waals surface area contributed by atoms with Crippen LogP contribution in [-0.2, 0) is 29.1 Å². The molecule has 2 heterocycles. The molecule has 0 aliphatic carbocycles. The second-order valence-corrected chi connectivity index (χ2v) is 10.3. The number of sulfonamides is 1. The minimum Gasteiger partial charge on any atom is -0.455 e. The van der Waals surface area contributed by atoms with Gasteiger partial charge in [-0.1, -0.05) is 35.9 Å².